The number of nitrogens with zero attached hydrogens (tertiary/aromatic N) is 2. The number of anilines is 1. The fraction of sp³-hybridized carbons (Fsp3) is 0.357. The van der Waals surface area contributed by atoms with E-state index in [1.54, 1.807) is 12.1 Å². The summed E-state index contributed by atoms with van der Waals surface area (Å²) in [7, 11) is 0. The average molecular weight is 327 g/mol. The van der Waals surface area contributed by atoms with Crippen molar-refractivity contribution in [3.8, 4) is 0 Å². The van der Waals surface area contributed by atoms with E-state index in [0.29, 0.717) is 21.6 Å². The number of halogens is 2. The van der Waals surface area contributed by atoms with Crippen LogP contribution < -0.4 is 5.32 Å². The lowest BCUT2D eigenvalue weighted by Gasteiger charge is -2.13. The number of H-pyrrole nitrogens is 1. The number of carbonyl (C=O) groups excluding carboxylic acids is 1. The van der Waals surface area contributed by atoms with Gasteiger partial charge in [-0.3, -0.25) is 9.89 Å². The number of aryl methyl sites for hydroxylation is 1. The Kier molecular flexibility index (Phi) is 4.25. The molecule has 1 heterocycles. The maximum absolute atomic E-state index is 12.2. The zero-order chi connectivity index (χ0) is 15.8. The van der Waals surface area contributed by atoms with Crippen molar-refractivity contribution < 1.29 is 4.79 Å². The Morgan fingerprint density at radius 3 is 2.52 bits per heavy atom. The predicted octanol–water partition coefficient (Wildman–Crippen LogP) is 3.97. The van der Waals surface area contributed by atoms with E-state index in [4.69, 9.17) is 23.2 Å². The summed E-state index contributed by atoms with van der Waals surface area (Å²) >= 11 is 12.2. The van der Waals surface area contributed by atoms with Gasteiger partial charge in [0.25, 0.3) is 5.91 Å². The Hall–Kier alpha value is -1.59. The topological polar surface area (TPSA) is 70.7 Å². The van der Waals surface area contributed by atoms with E-state index in [0.717, 1.165) is 5.56 Å². The molecule has 0 saturated carbocycles. The van der Waals surface area contributed by atoms with E-state index < -0.39 is 5.91 Å². The van der Waals surface area contributed by atoms with Crippen LogP contribution in [0, 0.1) is 6.92 Å². The van der Waals surface area contributed by atoms with Crippen LogP contribution in [0.5, 0.6) is 0 Å². The second-order valence-electron chi connectivity index (χ2n) is 5.77. The van der Waals surface area contributed by atoms with Crippen LogP contribution in [-0.4, -0.2) is 21.1 Å². The lowest BCUT2D eigenvalue weighted by molar-refractivity contribution is 0.101. The largest absolute Gasteiger partial charge is 0.317 e. The lowest BCUT2D eigenvalue weighted by atomic mass is 9.96. The minimum atomic E-state index is -0.462. The molecule has 21 heavy (non-hydrogen) atoms. The Morgan fingerprint density at radius 2 is 1.95 bits per heavy atom. The van der Waals surface area contributed by atoms with Crippen LogP contribution in [-0.2, 0) is 5.41 Å². The van der Waals surface area contributed by atoms with Gasteiger partial charge in [-0.15, -0.1) is 5.10 Å². The molecule has 1 amide bonds. The molecule has 0 radical (unpaired) electrons. The number of aromatic nitrogens is 3. The molecule has 0 fully saturated rings. The molecule has 0 bridgehead atoms. The summed E-state index contributed by atoms with van der Waals surface area (Å²) in [5, 5.41) is 10.1. The van der Waals surface area contributed by atoms with Crippen molar-refractivity contribution in [2.75, 3.05) is 5.32 Å². The summed E-state index contributed by atoms with van der Waals surface area (Å²) < 4.78 is 0. The molecular weight excluding hydrogens is 311 g/mol. The van der Waals surface area contributed by atoms with E-state index in [1.807, 2.05) is 27.7 Å². The summed E-state index contributed by atoms with van der Waals surface area (Å²) in [6, 6.07) is 3.46. The summed E-state index contributed by atoms with van der Waals surface area (Å²) in [5.41, 5.74) is 0.969. The summed E-state index contributed by atoms with van der Waals surface area (Å²) in [6.07, 6.45) is 0. The highest BCUT2D eigenvalue weighted by molar-refractivity contribution is 6.40. The van der Waals surface area contributed by atoms with Crippen LogP contribution in [0.15, 0.2) is 12.1 Å². The molecular formula is C14H16Cl2N4O. The number of rotatable bonds is 2. The Bertz CT molecular complexity index is 689. The second kappa shape index (κ2) is 5.66. The number of hydrogen-bond donors (Lipinski definition) is 2. The minimum absolute atomic E-state index is 0.0496. The molecule has 1 aromatic carbocycles. The molecule has 0 spiro atoms. The quantitative estimate of drug-likeness (QED) is 0.877. The van der Waals surface area contributed by atoms with Gasteiger partial charge in [0.05, 0.1) is 15.7 Å². The fourth-order valence-corrected chi connectivity index (χ4v) is 2.10. The zero-order valence-electron chi connectivity index (χ0n) is 12.2. The van der Waals surface area contributed by atoms with E-state index in [-0.39, 0.29) is 11.2 Å². The highest BCUT2D eigenvalue weighted by Crippen LogP contribution is 2.33. The van der Waals surface area contributed by atoms with Gasteiger partial charge in [-0.2, -0.15) is 0 Å². The first-order valence-electron chi connectivity index (χ1n) is 6.39. The molecule has 0 saturated heterocycles. The third-order valence-corrected chi connectivity index (χ3v) is 3.72. The van der Waals surface area contributed by atoms with Gasteiger partial charge in [-0.25, -0.2) is 4.98 Å². The Balaban J connectivity index is 2.27. The standard InChI is InChI=1S/C14H16Cl2N4O/c1-7-5-6-8(15)10(9(7)16)17-12(21)11-18-13(20-19-11)14(2,3)4/h5-6H,1-4H3,(H,17,21)(H,18,19,20). The van der Waals surface area contributed by atoms with Gasteiger partial charge >= 0.3 is 0 Å². The van der Waals surface area contributed by atoms with E-state index in [1.165, 1.54) is 0 Å². The van der Waals surface area contributed by atoms with Crippen molar-refractivity contribution in [3.05, 3.63) is 39.4 Å². The molecule has 7 heteroatoms. The van der Waals surface area contributed by atoms with E-state index in [2.05, 4.69) is 20.5 Å². The first kappa shape index (κ1) is 15.8. The third kappa shape index (κ3) is 3.36. The van der Waals surface area contributed by atoms with Crippen LogP contribution in [0.1, 0.15) is 42.8 Å². The second-order valence-corrected chi connectivity index (χ2v) is 6.55. The van der Waals surface area contributed by atoms with Crippen molar-refractivity contribution in [2.45, 2.75) is 33.1 Å². The van der Waals surface area contributed by atoms with Crippen molar-refractivity contribution in [3.63, 3.8) is 0 Å². The predicted molar refractivity (Wildman–Crippen MR) is 84.2 cm³/mol. The highest BCUT2D eigenvalue weighted by atomic mass is 35.5. The first-order valence-corrected chi connectivity index (χ1v) is 7.14. The summed E-state index contributed by atoms with van der Waals surface area (Å²) in [4.78, 5) is 16.4. The van der Waals surface area contributed by atoms with Crippen LogP contribution >= 0.6 is 23.2 Å². The molecule has 2 rings (SSSR count). The van der Waals surface area contributed by atoms with Crippen LogP contribution in [0.2, 0.25) is 10.0 Å². The van der Waals surface area contributed by atoms with Crippen molar-refractivity contribution in [2.24, 2.45) is 0 Å². The molecule has 0 aliphatic carbocycles. The van der Waals surface area contributed by atoms with E-state index >= 15 is 0 Å². The van der Waals surface area contributed by atoms with E-state index in [9.17, 15) is 4.79 Å². The SMILES string of the molecule is Cc1ccc(Cl)c(NC(=O)c2n[nH]c(C(C)(C)C)n2)c1Cl. The van der Waals surface area contributed by atoms with Crippen LogP contribution in [0.3, 0.4) is 0 Å². The molecule has 2 aromatic rings. The maximum Gasteiger partial charge on any atom is 0.295 e. The number of hydrogen-bond acceptors (Lipinski definition) is 3. The van der Waals surface area contributed by atoms with Gasteiger partial charge in [0.2, 0.25) is 5.82 Å². The minimum Gasteiger partial charge on any atom is -0.317 e. The molecule has 112 valence electrons. The monoisotopic (exact) mass is 326 g/mol. The molecule has 0 aliphatic rings. The smallest absolute Gasteiger partial charge is 0.295 e. The van der Waals surface area contributed by atoms with Gasteiger partial charge < -0.3 is 5.32 Å². The molecule has 5 nitrogen and oxygen atoms in total. The molecule has 0 aliphatic heterocycles. The van der Waals surface area contributed by atoms with Gasteiger partial charge in [0.15, 0.2) is 0 Å². The number of amides is 1. The Labute approximate surface area is 133 Å². The number of carbonyl (C=O) groups is 1. The molecule has 0 atom stereocenters. The van der Waals surface area contributed by atoms with Gasteiger partial charge in [0, 0.05) is 5.41 Å². The fourth-order valence-electron chi connectivity index (χ4n) is 1.64. The Morgan fingerprint density at radius 1 is 1.29 bits per heavy atom. The maximum atomic E-state index is 12.2. The summed E-state index contributed by atoms with van der Waals surface area (Å²) in [6.45, 7) is 7.76. The van der Waals surface area contributed by atoms with Gasteiger partial charge in [-0.1, -0.05) is 50.0 Å². The number of benzene rings is 1. The van der Waals surface area contributed by atoms with Crippen molar-refractivity contribution in [1.29, 1.82) is 0 Å². The van der Waals surface area contributed by atoms with Gasteiger partial charge in [0.1, 0.15) is 5.82 Å². The van der Waals surface area contributed by atoms with Gasteiger partial charge in [-0.05, 0) is 18.6 Å². The lowest BCUT2D eigenvalue weighted by Crippen LogP contribution is -2.16. The molecule has 0 unspecified atom stereocenters. The number of nitrogens with one attached hydrogen (secondary N) is 2. The first-order chi connectivity index (χ1) is 9.70. The molecule has 2 N–H and O–H groups in total. The highest BCUT2D eigenvalue weighted by Gasteiger charge is 2.22. The van der Waals surface area contributed by atoms with Crippen LogP contribution in [0.25, 0.3) is 0 Å². The van der Waals surface area contributed by atoms with Crippen LogP contribution in [0.4, 0.5) is 5.69 Å². The zero-order valence-corrected chi connectivity index (χ0v) is 13.7. The number of aromatic amines is 1. The summed E-state index contributed by atoms with van der Waals surface area (Å²) in [5.74, 6) is 0.221. The average Bonchev–Trinajstić information content (AvgIpc) is 2.88. The normalized spacial score (nSPS) is 11.5. The third-order valence-electron chi connectivity index (χ3n) is 2.92. The van der Waals surface area contributed by atoms with Crippen molar-refractivity contribution in [1.82, 2.24) is 15.2 Å². The molecule has 1 aromatic heterocycles. The van der Waals surface area contributed by atoms with Crippen molar-refractivity contribution >= 4 is 34.8 Å².